The van der Waals surface area contributed by atoms with Gasteiger partial charge in [-0.3, -0.25) is 0 Å². The molecule has 0 unspecified atom stereocenters. The Kier molecular flexibility index (Phi) is 4.66. The summed E-state index contributed by atoms with van der Waals surface area (Å²) < 4.78 is 11.3. The summed E-state index contributed by atoms with van der Waals surface area (Å²) in [4.78, 5) is 0. The van der Waals surface area contributed by atoms with Crippen molar-refractivity contribution in [1.82, 2.24) is 0 Å². The van der Waals surface area contributed by atoms with Gasteiger partial charge in [0.05, 0.1) is 12.7 Å². The van der Waals surface area contributed by atoms with Crippen LogP contribution >= 0.6 is 0 Å². The molecule has 0 atom stereocenters. The maximum atomic E-state index is 5.70. The van der Waals surface area contributed by atoms with Crippen LogP contribution in [0.2, 0.25) is 0 Å². The number of ether oxygens (including phenoxy) is 2. The minimum atomic E-state index is 0.164. The van der Waals surface area contributed by atoms with E-state index in [-0.39, 0.29) is 6.10 Å². The Hall–Kier alpha value is -1.18. The molecular weight excluding hydrogens is 200 g/mol. The van der Waals surface area contributed by atoms with Crippen LogP contribution in [0.4, 0.5) is 0 Å². The Balaban J connectivity index is 2.99. The zero-order valence-electron chi connectivity index (χ0n) is 10.8. The molecule has 16 heavy (non-hydrogen) atoms. The molecule has 1 aromatic carbocycles. The van der Waals surface area contributed by atoms with Crippen LogP contribution in [-0.4, -0.2) is 12.7 Å². The summed E-state index contributed by atoms with van der Waals surface area (Å²) in [6.45, 7) is 10.8. The standard InChI is InChI=1S/C14H21O2/c1-6-15-14-9-12(10(2)3)7-8-13(14)16-11(4)5/h7-9,11H,6H2,1-5H3. The summed E-state index contributed by atoms with van der Waals surface area (Å²) in [5, 5.41) is 0. The lowest BCUT2D eigenvalue weighted by molar-refractivity contribution is 0.224. The SMILES string of the molecule is CCOc1cc([C](C)C)ccc1OC(C)C. The van der Waals surface area contributed by atoms with E-state index in [4.69, 9.17) is 9.47 Å². The van der Waals surface area contributed by atoms with Crippen LogP contribution in [0.3, 0.4) is 0 Å². The second-order valence-corrected chi connectivity index (χ2v) is 4.26. The highest BCUT2D eigenvalue weighted by molar-refractivity contribution is 5.46. The molecule has 0 bridgehead atoms. The molecule has 0 aliphatic rings. The monoisotopic (exact) mass is 221 g/mol. The molecule has 0 N–H and O–H groups in total. The van der Waals surface area contributed by atoms with Crippen molar-refractivity contribution in [3.05, 3.63) is 29.7 Å². The highest BCUT2D eigenvalue weighted by Gasteiger charge is 2.09. The molecule has 0 fully saturated rings. The van der Waals surface area contributed by atoms with Crippen LogP contribution in [0.15, 0.2) is 18.2 Å². The van der Waals surface area contributed by atoms with Gasteiger partial charge in [-0.1, -0.05) is 19.9 Å². The molecule has 0 saturated carbocycles. The van der Waals surface area contributed by atoms with E-state index in [2.05, 4.69) is 19.9 Å². The lowest BCUT2D eigenvalue weighted by atomic mass is 10.0. The van der Waals surface area contributed by atoms with E-state index in [0.29, 0.717) is 6.61 Å². The molecule has 0 aromatic heterocycles. The average Bonchev–Trinajstić information content (AvgIpc) is 2.20. The minimum Gasteiger partial charge on any atom is -0.490 e. The van der Waals surface area contributed by atoms with Gasteiger partial charge in [0.2, 0.25) is 0 Å². The zero-order valence-corrected chi connectivity index (χ0v) is 10.8. The van der Waals surface area contributed by atoms with Crippen LogP contribution in [0.25, 0.3) is 0 Å². The van der Waals surface area contributed by atoms with Crippen molar-refractivity contribution in [2.24, 2.45) is 0 Å². The molecule has 0 amide bonds. The fourth-order valence-electron chi connectivity index (χ4n) is 1.44. The van der Waals surface area contributed by atoms with Gasteiger partial charge in [-0.15, -0.1) is 0 Å². The summed E-state index contributed by atoms with van der Waals surface area (Å²) >= 11 is 0. The van der Waals surface area contributed by atoms with E-state index in [0.717, 1.165) is 11.5 Å². The summed E-state index contributed by atoms with van der Waals surface area (Å²) in [6, 6.07) is 6.08. The van der Waals surface area contributed by atoms with Crippen molar-refractivity contribution >= 4 is 0 Å². The van der Waals surface area contributed by atoms with Crippen molar-refractivity contribution < 1.29 is 9.47 Å². The second-order valence-electron chi connectivity index (χ2n) is 4.26. The van der Waals surface area contributed by atoms with Gasteiger partial charge in [-0.2, -0.15) is 0 Å². The van der Waals surface area contributed by atoms with E-state index < -0.39 is 0 Å². The van der Waals surface area contributed by atoms with Gasteiger partial charge in [0.25, 0.3) is 0 Å². The maximum Gasteiger partial charge on any atom is 0.161 e. The largest absolute Gasteiger partial charge is 0.490 e. The van der Waals surface area contributed by atoms with Crippen molar-refractivity contribution in [3.63, 3.8) is 0 Å². The normalized spacial score (nSPS) is 10.9. The fourth-order valence-corrected chi connectivity index (χ4v) is 1.44. The van der Waals surface area contributed by atoms with Crippen molar-refractivity contribution in [2.75, 3.05) is 6.61 Å². The number of benzene rings is 1. The summed E-state index contributed by atoms with van der Waals surface area (Å²) in [6.07, 6.45) is 0.164. The van der Waals surface area contributed by atoms with E-state index >= 15 is 0 Å². The van der Waals surface area contributed by atoms with E-state index in [1.54, 1.807) is 0 Å². The van der Waals surface area contributed by atoms with E-state index in [9.17, 15) is 0 Å². The Morgan fingerprint density at radius 2 is 1.88 bits per heavy atom. The smallest absolute Gasteiger partial charge is 0.161 e. The van der Waals surface area contributed by atoms with Crippen molar-refractivity contribution in [2.45, 2.75) is 40.7 Å². The fraction of sp³-hybridized carbons (Fsp3) is 0.500. The van der Waals surface area contributed by atoms with Crippen molar-refractivity contribution in [3.8, 4) is 11.5 Å². The van der Waals surface area contributed by atoms with Crippen LogP contribution in [0, 0.1) is 5.92 Å². The first kappa shape index (κ1) is 12.9. The summed E-state index contributed by atoms with van der Waals surface area (Å²) in [5.41, 5.74) is 1.19. The average molecular weight is 221 g/mol. The number of hydrogen-bond donors (Lipinski definition) is 0. The van der Waals surface area contributed by atoms with Gasteiger partial charge in [-0.25, -0.2) is 0 Å². The van der Waals surface area contributed by atoms with Crippen molar-refractivity contribution in [1.29, 1.82) is 0 Å². The van der Waals surface area contributed by atoms with Crippen LogP contribution < -0.4 is 9.47 Å². The van der Waals surface area contributed by atoms with Crippen LogP contribution in [0.1, 0.15) is 40.2 Å². The molecule has 2 nitrogen and oxygen atoms in total. The molecule has 0 aliphatic heterocycles. The molecule has 0 spiro atoms. The van der Waals surface area contributed by atoms with Gasteiger partial charge in [0, 0.05) is 0 Å². The Labute approximate surface area is 98.6 Å². The minimum absolute atomic E-state index is 0.164. The second kappa shape index (κ2) is 5.78. The van der Waals surface area contributed by atoms with Crippen LogP contribution in [-0.2, 0) is 0 Å². The Morgan fingerprint density at radius 3 is 2.38 bits per heavy atom. The first-order chi connectivity index (χ1) is 7.54. The van der Waals surface area contributed by atoms with E-state index in [1.165, 1.54) is 11.5 Å². The molecule has 1 radical (unpaired) electrons. The third-order valence-corrected chi connectivity index (χ3v) is 2.18. The first-order valence-corrected chi connectivity index (χ1v) is 5.78. The highest BCUT2D eigenvalue weighted by atomic mass is 16.5. The molecule has 89 valence electrons. The summed E-state index contributed by atoms with van der Waals surface area (Å²) in [5.74, 6) is 2.92. The van der Waals surface area contributed by atoms with E-state index in [1.807, 2.05) is 32.9 Å². The zero-order chi connectivity index (χ0) is 12.1. The third kappa shape index (κ3) is 3.44. The number of hydrogen-bond acceptors (Lipinski definition) is 2. The lowest BCUT2D eigenvalue weighted by Crippen LogP contribution is -2.07. The molecular formula is C14H21O2. The van der Waals surface area contributed by atoms with Gasteiger partial charge in [0.15, 0.2) is 11.5 Å². The Morgan fingerprint density at radius 1 is 1.19 bits per heavy atom. The quantitative estimate of drug-likeness (QED) is 0.752. The number of rotatable bonds is 5. The summed E-state index contributed by atoms with van der Waals surface area (Å²) in [7, 11) is 0. The third-order valence-electron chi connectivity index (χ3n) is 2.18. The molecule has 0 heterocycles. The first-order valence-electron chi connectivity index (χ1n) is 5.78. The predicted octanol–water partition coefficient (Wildman–Crippen LogP) is 3.83. The topological polar surface area (TPSA) is 18.5 Å². The molecule has 1 aromatic rings. The molecule has 1 rings (SSSR count). The molecule has 2 heteroatoms. The molecule has 0 saturated heterocycles. The lowest BCUT2D eigenvalue weighted by Gasteiger charge is -2.16. The van der Waals surface area contributed by atoms with Crippen LogP contribution in [0.5, 0.6) is 11.5 Å². The maximum absolute atomic E-state index is 5.70. The highest BCUT2D eigenvalue weighted by Crippen LogP contribution is 2.31. The van der Waals surface area contributed by atoms with Gasteiger partial charge in [0.1, 0.15) is 0 Å². The van der Waals surface area contributed by atoms with Gasteiger partial charge in [-0.05, 0) is 44.4 Å². The Bertz CT molecular complexity index is 330. The molecule has 0 aliphatic carbocycles. The van der Waals surface area contributed by atoms with Gasteiger partial charge < -0.3 is 9.47 Å². The van der Waals surface area contributed by atoms with Gasteiger partial charge >= 0.3 is 0 Å². The predicted molar refractivity (Wildman–Crippen MR) is 67.1 cm³/mol.